The zero-order valence-corrected chi connectivity index (χ0v) is 11.5. The van der Waals surface area contributed by atoms with E-state index >= 15 is 0 Å². The summed E-state index contributed by atoms with van der Waals surface area (Å²) in [5.74, 6) is 1.54. The molecule has 0 aliphatic carbocycles. The van der Waals surface area contributed by atoms with E-state index in [1.807, 2.05) is 13.8 Å². The average molecular weight is 237 g/mol. The van der Waals surface area contributed by atoms with Crippen LogP contribution in [0.1, 0.15) is 39.7 Å². The van der Waals surface area contributed by atoms with Gasteiger partial charge in [-0.1, -0.05) is 20.8 Å². The van der Waals surface area contributed by atoms with Crippen molar-refractivity contribution in [2.45, 2.75) is 41.0 Å². The Kier molecular flexibility index (Phi) is 4.73. The van der Waals surface area contributed by atoms with Crippen LogP contribution in [0.2, 0.25) is 0 Å². The van der Waals surface area contributed by atoms with Crippen LogP contribution in [0.3, 0.4) is 0 Å². The third-order valence-electron chi connectivity index (χ3n) is 2.49. The fourth-order valence-corrected chi connectivity index (χ4v) is 1.45. The summed E-state index contributed by atoms with van der Waals surface area (Å²) < 4.78 is 5.43. The number of rotatable bonds is 5. The van der Waals surface area contributed by atoms with Gasteiger partial charge in [0.25, 0.3) is 0 Å². The molecule has 1 heterocycles. The second-order valence-corrected chi connectivity index (χ2v) is 5.32. The van der Waals surface area contributed by atoms with E-state index in [2.05, 4.69) is 36.1 Å². The number of ether oxygens (including phenoxy) is 1. The minimum atomic E-state index is 0.330. The summed E-state index contributed by atoms with van der Waals surface area (Å²) in [6.07, 6.45) is 2.64. The van der Waals surface area contributed by atoms with Gasteiger partial charge < -0.3 is 10.1 Å². The van der Waals surface area contributed by atoms with E-state index in [-0.39, 0.29) is 0 Å². The second kappa shape index (κ2) is 5.84. The van der Waals surface area contributed by atoms with Crippen molar-refractivity contribution in [3.05, 3.63) is 11.9 Å². The van der Waals surface area contributed by atoms with Crippen LogP contribution in [-0.4, -0.2) is 23.1 Å². The molecule has 0 bridgehead atoms. The molecule has 17 heavy (non-hydrogen) atoms. The highest BCUT2D eigenvalue weighted by Crippen LogP contribution is 2.22. The molecule has 0 saturated heterocycles. The van der Waals surface area contributed by atoms with Crippen LogP contribution in [0.4, 0.5) is 5.82 Å². The van der Waals surface area contributed by atoms with Crippen LogP contribution in [0.25, 0.3) is 0 Å². The molecule has 4 nitrogen and oxygen atoms in total. The summed E-state index contributed by atoms with van der Waals surface area (Å²) in [5, 5.41) is 3.34. The van der Waals surface area contributed by atoms with Crippen molar-refractivity contribution < 1.29 is 4.74 Å². The lowest BCUT2D eigenvalue weighted by molar-refractivity contribution is 0.323. The van der Waals surface area contributed by atoms with Crippen LogP contribution in [0, 0.1) is 12.3 Å². The maximum Gasteiger partial charge on any atom is 0.221 e. The van der Waals surface area contributed by atoms with Crippen molar-refractivity contribution in [3.8, 4) is 5.88 Å². The van der Waals surface area contributed by atoms with E-state index < -0.39 is 0 Å². The first-order valence-electron chi connectivity index (χ1n) is 6.12. The van der Waals surface area contributed by atoms with E-state index in [0.717, 1.165) is 24.3 Å². The molecule has 0 aliphatic rings. The zero-order valence-electron chi connectivity index (χ0n) is 11.5. The van der Waals surface area contributed by atoms with Crippen molar-refractivity contribution in [3.63, 3.8) is 0 Å². The lowest BCUT2D eigenvalue weighted by Gasteiger charge is -2.19. The molecular formula is C13H23N3O. The quantitative estimate of drug-likeness (QED) is 0.855. The molecule has 0 spiro atoms. The number of nitrogens with one attached hydrogen (secondary N) is 1. The molecule has 96 valence electrons. The molecule has 0 unspecified atom stereocenters. The molecule has 0 fully saturated rings. The summed E-state index contributed by atoms with van der Waals surface area (Å²) in [5.41, 5.74) is 1.31. The van der Waals surface area contributed by atoms with Crippen molar-refractivity contribution in [1.82, 2.24) is 9.97 Å². The molecule has 1 N–H and O–H groups in total. The van der Waals surface area contributed by atoms with Gasteiger partial charge in [-0.15, -0.1) is 0 Å². The summed E-state index contributed by atoms with van der Waals surface area (Å²) >= 11 is 0. The Labute approximate surface area is 104 Å². The van der Waals surface area contributed by atoms with Crippen molar-refractivity contribution in [1.29, 1.82) is 0 Å². The monoisotopic (exact) mass is 237 g/mol. The first-order chi connectivity index (χ1) is 7.94. The molecule has 1 aromatic heterocycles. The fourth-order valence-electron chi connectivity index (χ4n) is 1.45. The van der Waals surface area contributed by atoms with E-state index in [0.29, 0.717) is 17.9 Å². The van der Waals surface area contributed by atoms with Gasteiger partial charge in [-0.25, -0.2) is 9.97 Å². The first-order valence-corrected chi connectivity index (χ1v) is 6.12. The van der Waals surface area contributed by atoms with Crippen molar-refractivity contribution in [2.24, 2.45) is 5.41 Å². The van der Waals surface area contributed by atoms with Gasteiger partial charge in [0.1, 0.15) is 12.1 Å². The van der Waals surface area contributed by atoms with Crippen LogP contribution in [0.15, 0.2) is 6.33 Å². The SMILES string of the molecule is CCOc1ncnc(NCCC(C)(C)C)c1C. The molecule has 0 amide bonds. The number of hydrogen-bond acceptors (Lipinski definition) is 4. The predicted molar refractivity (Wildman–Crippen MR) is 70.5 cm³/mol. The second-order valence-electron chi connectivity index (χ2n) is 5.32. The third-order valence-corrected chi connectivity index (χ3v) is 2.49. The smallest absolute Gasteiger partial charge is 0.221 e. The molecule has 0 saturated carbocycles. The van der Waals surface area contributed by atoms with Crippen LogP contribution < -0.4 is 10.1 Å². The third kappa shape index (κ3) is 4.59. The predicted octanol–water partition coefficient (Wildman–Crippen LogP) is 3.03. The Balaban J connectivity index is 2.62. The summed E-state index contributed by atoms with van der Waals surface area (Å²) in [6.45, 7) is 12.2. The number of anilines is 1. The Hall–Kier alpha value is -1.32. The summed E-state index contributed by atoms with van der Waals surface area (Å²) in [7, 11) is 0. The zero-order chi connectivity index (χ0) is 12.9. The summed E-state index contributed by atoms with van der Waals surface area (Å²) in [6, 6.07) is 0. The Morgan fingerprint density at radius 1 is 1.29 bits per heavy atom. The number of aromatic nitrogens is 2. The highest BCUT2D eigenvalue weighted by atomic mass is 16.5. The summed E-state index contributed by atoms with van der Waals surface area (Å²) in [4.78, 5) is 8.35. The van der Waals surface area contributed by atoms with Gasteiger partial charge in [0.15, 0.2) is 0 Å². The minimum Gasteiger partial charge on any atom is -0.478 e. The van der Waals surface area contributed by atoms with E-state index in [1.54, 1.807) is 0 Å². The lowest BCUT2D eigenvalue weighted by atomic mass is 9.92. The van der Waals surface area contributed by atoms with Gasteiger partial charge in [-0.05, 0) is 25.7 Å². The number of hydrogen-bond donors (Lipinski definition) is 1. The van der Waals surface area contributed by atoms with Gasteiger partial charge in [-0.3, -0.25) is 0 Å². The van der Waals surface area contributed by atoms with Gasteiger partial charge in [0.2, 0.25) is 5.88 Å². The van der Waals surface area contributed by atoms with Crippen molar-refractivity contribution in [2.75, 3.05) is 18.5 Å². The lowest BCUT2D eigenvalue weighted by Crippen LogP contribution is -2.14. The van der Waals surface area contributed by atoms with E-state index in [4.69, 9.17) is 4.74 Å². The highest BCUT2D eigenvalue weighted by Gasteiger charge is 2.11. The molecule has 1 aromatic rings. The van der Waals surface area contributed by atoms with E-state index in [9.17, 15) is 0 Å². The topological polar surface area (TPSA) is 47.0 Å². The van der Waals surface area contributed by atoms with Gasteiger partial charge in [0.05, 0.1) is 12.2 Å². The molecule has 1 rings (SSSR count). The normalized spacial score (nSPS) is 11.4. The average Bonchev–Trinajstić information content (AvgIpc) is 2.22. The Morgan fingerprint density at radius 3 is 2.59 bits per heavy atom. The van der Waals surface area contributed by atoms with Crippen LogP contribution in [0.5, 0.6) is 5.88 Å². The standard InChI is InChI=1S/C13H23N3O/c1-6-17-12-10(2)11(15-9-16-12)14-8-7-13(3,4)5/h9H,6-8H2,1-5H3,(H,14,15,16). The first kappa shape index (κ1) is 13.7. The van der Waals surface area contributed by atoms with Gasteiger partial charge >= 0.3 is 0 Å². The maximum absolute atomic E-state index is 5.43. The number of nitrogens with zero attached hydrogens (tertiary/aromatic N) is 2. The van der Waals surface area contributed by atoms with Gasteiger partial charge in [-0.2, -0.15) is 0 Å². The van der Waals surface area contributed by atoms with Crippen LogP contribution >= 0.6 is 0 Å². The molecule has 4 heteroatoms. The Bertz CT molecular complexity index is 358. The molecule has 0 atom stereocenters. The minimum absolute atomic E-state index is 0.330. The van der Waals surface area contributed by atoms with Crippen LogP contribution in [-0.2, 0) is 0 Å². The maximum atomic E-state index is 5.43. The largest absolute Gasteiger partial charge is 0.478 e. The molecule has 0 aromatic carbocycles. The van der Waals surface area contributed by atoms with Gasteiger partial charge in [0, 0.05) is 6.54 Å². The molecular weight excluding hydrogens is 214 g/mol. The Morgan fingerprint density at radius 2 is 2.00 bits per heavy atom. The molecule has 0 radical (unpaired) electrons. The van der Waals surface area contributed by atoms with Crippen molar-refractivity contribution >= 4 is 5.82 Å². The highest BCUT2D eigenvalue weighted by molar-refractivity contribution is 5.47. The van der Waals surface area contributed by atoms with E-state index in [1.165, 1.54) is 6.33 Å². The molecule has 0 aliphatic heterocycles. The fraction of sp³-hybridized carbons (Fsp3) is 0.692.